The number of carbonyl (C=O) groups excluding carboxylic acids is 2. The first-order chi connectivity index (χ1) is 10.4. The lowest BCUT2D eigenvalue weighted by atomic mass is 10.1. The van der Waals surface area contributed by atoms with Crippen molar-refractivity contribution in [3.8, 4) is 0 Å². The van der Waals surface area contributed by atoms with Crippen molar-refractivity contribution in [3.63, 3.8) is 0 Å². The van der Waals surface area contributed by atoms with Crippen LogP contribution in [0, 0.1) is 5.92 Å². The van der Waals surface area contributed by atoms with Crippen molar-refractivity contribution in [2.24, 2.45) is 5.92 Å². The van der Waals surface area contributed by atoms with Crippen LogP contribution in [0.4, 0.5) is 0 Å². The van der Waals surface area contributed by atoms with E-state index in [-0.39, 0.29) is 24.4 Å². The third-order valence-corrected chi connectivity index (χ3v) is 3.38. The maximum absolute atomic E-state index is 11.9. The first kappa shape index (κ1) is 18.2. The predicted molar refractivity (Wildman–Crippen MR) is 87.2 cm³/mol. The van der Waals surface area contributed by atoms with Crippen molar-refractivity contribution in [1.29, 1.82) is 0 Å². The molecule has 122 valence electrons. The van der Waals surface area contributed by atoms with Crippen LogP contribution >= 0.6 is 0 Å². The predicted octanol–water partition coefficient (Wildman–Crippen LogP) is 3.40. The van der Waals surface area contributed by atoms with Crippen molar-refractivity contribution in [2.45, 2.75) is 53.2 Å². The molecule has 1 rings (SSSR count). The Kier molecular flexibility index (Phi) is 7.64. The zero-order chi connectivity index (χ0) is 16.5. The Morgan fingerprint density at radius 3 is 2.32 bits per heavy atom. The van der Waals surface area contributed by atoms with Gasteiger partial charge in [0.1, 0.15) is 0 Å². The van der Waals surface area contributed by atoms with Crippen molar-refractivity contribution < 1.29 is 14.3 Å². The Bertz CT molecular complexity index is 470. The van der Waals surface area contributed by atoms with E-state index in [0.29, 0.717) is 19.0 Å². The molecule has 0 saturated carbocycles. The summed E-state index contributed by atoms with van der Waals surface area (Å²) in [6, 6.07) is 9.76. The van der Waals surface area contributed by atoms with Gasteiger partial charge in [-0.2, -0.15) is 0 Å². The van der Waals surface area contributed by atoms with Crippen LogP contribution in [0.2, 0.25) is 0 Å². The molecule has 4 heteroatoms. The molecule has 1 unspecified atom stereocenters. The number of ether oxygens (including phenoxy) is 1. The second-order valence-electron chi connectivity index (χ2n) is 6.11. The molecule has 4 nitrogen and oxygen atoms in total. The summed E-state index contributed by atoms with van der Waals surface area (Å²) in [6.07, 6.45) is 1.01. The maximum atomic E-state index is 11.9. The number of benzene rings is 1. The number of esters is 1. The number of carbonyl (C=O) groups is 2. The Balaban J connectivity index is 2.44. The first-order valence-corrected chi connectivity index (χ1v) is 7.87. The molecule has 22 heavy (non-hydrogen) atoms. The lowest BCUT2D eigenvalue weighted by Gasteiger charge is -2.21. The van der Waals surface area contributed by atoms with Crippen LogP contribution in [0.25, 0.3) is 0 Å². The second kappa shape index (κ2) is 9.23. The van der Waals surface area contributed by atoms with Crippen LogP contribution in [0.3, 0.4) is 0 Å². The maximum Gasteiger partial charge on any atom is 0.307 e. The Morgan fingerprint density at radius 1 is 1.14 bits per heavy atom. The van der Waals surface area contributed by atoms with E-state index in [1.807, 2.05) is 37.3 Å². The third-order valence-electron chi connectivity index (χ3n) is 3.38. The van der Waals surface area contributed by atoms with E-state index in [9.17, 15) is 9.59 Å². The fraction of sp³-hybridized carbons (Fsp3) is 0.556. The van der Waals surface area contributed by atoms with Crippen molar-refractivity contribution in [1.82, 2.24) is 4.90 Å². The van der Waals surface area contributed by atoms with Gasteiger partial charge in [-0.3, -0.25) is 9.59 Å². The Labute approximate surface area is 133 Å². The molecule has 0 saturated heterocycles. The summed E-state index contributed by atoms with van der Waals surface area (Å²) in [5.74, 6) is 0.217. The summed E-state index contributed by atoms with van der Waals surface area (Å²) < 4.78 is 5.36. The van der Waals surface area contributed by atoms with E-state index in [1.54, 1.807) is 4.90 Å². The standard InChI is InChI=1S/C18H27NO3/c1-14(2)12-15(3)22-18(21)10-11-19(16(4)20)13-17-8-6-5-7-9-17/h5-9,14-15H,10-13H2,1-4H3. The zero-order valence-corrected chi connectivity index (χ0v) is 14.0. The Hall–Kier alpha value is -1.84. The molecule has 0 spiro atoms. The molecule has 0 fully saturated rings. The highest BCUT2D eigenvalue weighted by atomic mass is 16.5. The fourth-order valence-electron chi connectivity index (χ4n) is 2.37. The largest absolute Gasteiger partial charge is 0.463 e. The van der Waals surface area contributed by atoms with E-state index in [2.05, 4.69) is 13.8 Å². The monoisotopic (exact) mass is 305 g/mol. The van der Waals surface area contributed by atoms with Gasteiger partial charge in [0.15, 0.2) is 0 Å². The van der Waals surface area contributed by atoms with Gasteiger partial charge in [0.25, 0.3) is 0 Å². The molecule has 1 aromatic rings. The lowest BCUT2D eigenvalue weighted by Crippen LogP contribution is -2.31. The number of amides is 1. The summed E-state index contributed by atoms with van der Waals surface area (Å²) in [5.41, 5.74) is 1.05. The van der Waals surface area contributed by atoms with Gasteiger partial charge in [0.05, 0.1) is 12.5 Å². The van der Waals surface area contributed by atoms with Crippen molar-refractivity contribution >= 4 is 11.9 Å². The third kappa shape index (κ3) is 7.25. The number of rotatable bonds is 8. The fourth-order valence-corrected chi connectivity index (χ4v) is 2.37. The summed E-state index contributed by atoms with van der Waals surface area (Å²) >= 11 is 0. The zero-order valence-electron chi connectivity index (χ0n) is 14.0. The second-order valence-corrected chi connectivity index (χ2v) is 6.11. The molecule has 0 aliphatic rings. The minimum absolute atomic E-state index is 0.0353. The molecule has 1 amide bonds. The van der Waals surface area contributed by atoms with Gasteiger partial charge in [0, 0.05) is 20.0 Å². The highest BCUT2D eigenvalue weighted by Gasteiger charge is 2.15. The molecule has 0 heterocycles. The molecular weight excluding hydrogens is 278 g/mol. The van der Waals surface area contributed by atoms with Crippen molar-refractivity contribution in [2.75, 3.05) is 6.54 Å². The molecule has 0 aliphatic carbocycles. The highest BCUT2D eigenvalue weighted by molar-refractivity contribution is 5.75. The molecule has 1 atom stereocenters. The minimum atomic E-state index is -0.243. The van der Waals surface area contributed by atoms with Gasteiger partial charge in [-0.1, -0.05) is 44.2 Å². The van der Waals surface area contributed by atoms with E-state index in [4.69, 9.17) is 4.74 Å². The molecule has 0 N–H and O–H groups in total. The van der Waals surface area contributed by atoms with Crippen LogP contribution < -0.4 is 0 Å². The van der Waals surface area contributed by atoms with Crippen LogP contribution in [-0.2, 0) is 20.9 Å². The highest BCUT2D eigenvalue weighted by Crippen LogP contribution is 2.10. The summed E-state index contributed by atoms with van der Waals surface area (Å²) in [5, 5.41) is 0. The molecule has 0 aliphatic heterocycles. The lowest BCUT2D eigenvalue weighted by molar-refractivity contribution is -0.149. The van der Waals surface area contributed by atoms with Gasteiger partial charge < -0.3 is 9.64 Å². The smallest absolute Gasteiger partial charge is 0.307 e. The van der Waals surface area contributed by atoms with Crippen LogP contribution in [0.1, 0.15) is 46.1 Å². The van der Waals surface area contributed by atoms with E-state index in [0.717, 1.165) is 12.0 Å². The molecule has 0 bridgehead atoms. The summed E-state index contributed by atoms with van der Waals surface area (Å²) in [6.45, 7) is 8.53. The van der Waals surface area contributed by atoms with Gasteiger partial charge in [-0.05, 0) is 24.8 Å². The average molecular weight is 305 g/mol. The normalized spacial score (nSPS) is 12.0. The van der Waals surface area contributed by atoms with Crippen molar-refractivity contribution in [3.05, 3.63) is 35.9 Å². The quantitative estimate of drug-likeness (QED) is 0.692. The molecule has 1 aromatic carbocycles. The van der Waals surface area contributed by atoms with E-state index >= 15 is 0 Å². The number of hydrogen-bond acceptors (Lipinski definition) is 3. The summed E-state index contributed by atoms with van der Waals surface area (Å²) in [4.78, 5) is 25.2. The Morgan fingerprint density at radius 2 is 1.77 bits per heavy atom. The van der Waals surface area contributed by atoms with Gasteiger partial charge in [-0.25, -0.2) is 0 Å². The van der Waals surface area contributed by atoms with Gasteiger partial charge in [-0.15, -0.1) is 0 Å². The summed E-state index contributed by atoms with van der Waals surface area (Å²) in [7, 11) is 0. The molecular formula is C18H27NO3. The molecule has 0 aromatic heterocycles. The van der Waals surface area contributed by atoms with E-state index in [1.165, 1.54) is 6.92 Å². The van der Waals surface area contributed by atoms with Crippen LogP contribution in [0.15, 0.2) is 30.3 Å². The van der Waals surface area contributed by atoms with E-state index < -0.39 is 0 Å². The van der Waals surface area contributed by atoms with Crippen LogP contribution in [0.5, 0.6) is 0 Å². The molecule has 0 radical (unpaired) electrons. The van der Waals surface area contributed by atoms with Crippen LogP contribution in [-0.4, -0.2) is 29.4 Å². The number of hydrogen-bond donors (Lipinski definition) is 0. The van der Waals surface area contributed by atoms with Gasteiger partial charge >= 0.3 is 5.97 Å². The number of nitrogens with zero attached hydrogens (tertiary/aromatic N) is 1. The first-order valence-electron chi connectivity index (χ1n) is 7.87. The minimum Gasteiger partial charge on any atom is -0.463 e. The average Bonchev–Trinajstić information content (AvgIpc) is 2.43. The van der Waals surface area contributed by atoms with Gasteiger partial charge in [0.2, 0.25) is 5.91 Å². The SMILES string of the molecule is CC(=O)N(CCC(=O)OC(C)CC(C)C)Cc1ccccc1. The topological polar surface area (TPSA) is 46.6 Å².